The number of nitrogens with one attached hydrogen (secondary N) is 1. The SMILES string of the molecule is COc1nc(-c2cccc(-c3ncnc(Cl)c3Cl)c2Cl)ccc1CN(C[C@@H]1CCC(=O)N1)C(=O)O. The molecule has 12 heteroatoms. The molecular formula is C23H20Cl3N5O4. The Morgan fingerprint density at radius 1 is 1.17 bits per heavy atom. The first-order valence-electron chi connectivity index (χ1n) is 10.5. The highest BCUT2D eigenvalue weighted by Gasteiger charge is 2.26. The lowest BCUT2D eigenvalue weighted by Crippen LogP contribution is -2.41. The van der Waals surface area contributed by atoms with E-state index >= 15 is 0 Å². The summed E-state index contributed by atoms with van der Waals surface area (Å²) in [5.74, 6) is 0.183. The van der Waals surface area contributed by atoms with Crippen LogP contribution in [-0.4, -0.2) is 56.7 Å². The van der Waals surface area contributed by atoms with E-state index in [1.165, 1.54) is 18.3 Å². The van der Waals surface area contributed by atoms with Crippen molar-refractivity contribution in [1.82, 2.24) is 25.2 Å². The van der Waals surface area contributed by atoms with Crippen LogP contribution >= 0.6 is 34.8 Å². The molecule has 1 saturated heterocycles. The number of benzene rings is 1. The van der Waals surface area contributed by atoms with E-state index in [1.807, 2.05) is 0 Å². The van der Waals surface area contributed by atoms with Gasteiger partial charge >= 0.3 is 6.09 Å². The molecule has 182 valence electrons. The van der Waals surface area contributed by atoms with Crippen molar-refractivity contribution in [2.45, 2.75) is 25.4 Å². The average Bonchev–Trinajstić information content (AvgIpc) is 3.25. The maximum atomic E-state index is 11.8. The molecule has 0 aliphatic carbocycles. The number of amides is 2. The minimum absolute atomic E-state index is 0.0426. The number of carbonyl (C=O) groups excluding carboxylic acids is 1. The van der Waals surface area contributed by atoms with Crippen LogP contribution in [0.4, 0.5) is 4.79 Å². The predicted octanol–water partition coefficient (Wildman–Crippen LogP) is 4.93. The van der Waals surface area contributed by atoms with Crippen molar-refractivity contribution in [3.63, 3.8) is 0 Å². The van der Waals surface area contributed by atoms with Crippen molar-refractivity contribution in [2.75, 3.05) is 13.7 Å². The number of rotatable bonds is 7. The summed E-state index contributed by atoms with van der Waals surface area (Å²) in [5, 5.41) is 13.1. The zero-order chi connectivity index (χ0) is 25.1. The van der Waals surface area contributed by atoms with E-state index < -0.39 is 6.09 Å². The number of pyridine rings is 1. The van der Waals surface area contributed by atoms with Crippen molar-refractivity contribution in [3.8, 4) is 28.4 Å². The van der Waals surface area contributed by atoms with Crippen LogP contribution in [0.3, 0.4) is 0 Å². The van der Waals surface area contributed by atoms with Gasteiger partial charge < -0.3 is 20.1 Å². The van der Waals surface area contributed by atoms with Gasteiger partial charge in [-0.15, -0.1) is 0 Å². The quantitative estimate of drug-likeness (QED) is 0.411. The van der Waals surface area contributed by atoms with Gasteiger partial charge in [-0.05, 0) is 18.6 Å². The average molecular weight is 537 g/mol. The minimum Gasteiger partial charge on any atom is -0.481 e. The smallest absolute Gasteiger partial charge is 0.407 e. The molecule has 3 heterocycles. The lowest BCUT2D eigenvalue weighted by atomic mass is 10.0. The first-order valence-corrected chi connectivity index (χ1v) is 11.7. The van der Waals surface area contributed by atoms with Gasteiger partial charge in [0.1, 0.15) is 11.3 Å². The van der Waals surface area contributed by atoms with Crippen molar-refractivity contribution >= 4 is 46.8 Å². The fraction of sp³-hybridized carbons (Fsp3) is 0.261. The molecule has 0 radical (unpaired) electrons. The Morgan fingerprint density at radius 3 is 2.63 bits per heavy atom. The van der Waals surface area contributed by atoms with Crippen molar-refractivity contribution < 1.29 is 19.4 Å². The van der Waals surface area contributed by atoms with E-state index in [-0.39, 0.29) is 41.1 Å². The Morgan fingerprint density at radius 2 is 1.94 bits per heavy atom. The molecule has 1 aromatic carbocycles. The topological polar surface area (TPSA) is 118 Å². The van der Waals surface area contributed by atoms with E-state index in [1.54, 1.807) is 30.3 Å². The van der Waals surface area contributed by atoms with Crippen molar-refractivity contribution in [1.29, 1.82) is 0 Å². The molecule has 4 rings (SSSR count). The molecule has 2 amide bonds. The lowest BCUT2D eigenvalue weighted by Gasteiger charge is -2.23. The number of hydrogen-bond acceptors (Lipinski definition) is 6. The van der Waals surface area contributed by atoms with Crippen LogP contribution in [0.15, 0.2) is 36.7 Å². The number of aromatic nitrogens is 3. The molecule has 35 heavy (non-hydrogen) atoms. The lowest BCUT2D eigenvalue weighted by molar-refractivity contribution is -0.119. The second-order valence-electron chi connectivity index (χ2n) is 7.83. The van der Waals surface area contributed by atoms with Crippen LogP contribution < -0.4 is 10.1 Å². The summed E-state index contributed by atoms with van der Waals surface area (Å²) >= 11 is 19.0. The largest absolute Gasteiger partial charge is 0.481 e. The van der Waals surface area contributed by atoms with Crippen LogP contribution in [0.2, 0.25) is 15.2 Å². The third-order valence-electron chi connectivity index (χ3n) is 5.57. The monoisotopic (exact) mass is 535 g/mol. The molecule has 0 unspecified atom stereocenters. The van der Waals surface area contributed by atoms with E-state index in [0.29, 0.717) is 45.9 Å². The molecular weight excluding hydrogens is 517 g/mol. The number of carbonyl (C=O) groups is 2. The van der Waals surface area contributed by atoms with Gasteiger partial charge in [0.2, 0.25) is 11.8 Å². The summed E-state index contributed by atoms with van der Waals surface area (Å²) in [6, 6.07) is 8.58. The van der Waals surface area contributed by atoms with Gasteiger partial charge in [-0.25, -0.2) is 19.7 Å². The van der Waals surface area contributed by atoms with Crippen molar-refractivity contribution in [2.24, 2.45) is 0 Å². The number of halogens is 3. The molecule has 2 N–H and O–H groups in total. The zero-order valence-corrected chi connectivity index (χ0v) is 20.7. The second-order valence-corrected chi connectivity index (χ2v) is 8.94. The van der Waals surface area contributed by atoms with E-state index in [4.69, 9.17) is 39.5 Å². The van der Waals surface area contributed by atoms with Gasteiger partial charge in [-0.3, -0.25) is 4.79 Å². The van der Waals surface area contributed by atoms with E-state index in [9.17, 15) is 14.7 Å². The first kappa shape index (κ1) is 25.0. The molecule has 0 spiro atoms. The van der Waals surface area contributed by atoms with Gasteiger partial charge in [0.25, 0.3) is 0 Å². The number of carboxylic acid groups (broad SMARTS) is 1. The molecule has 2 aromatic heterocycles. The molecule has 1 atom stereocenters. The van der Waals surface area contributed by atoms with Gasteiger partial charge in [0.05, 0.1) is 30.1 Å². The normalized spacial score (nSPS) is 15.1. The van der Waals surface area contributed by atoms with Crippen LogP contribution in [0.5, 0.6) is 5.88 Å². The summed E-state index contributed by atoms with van der Waals surface area (Å²) in [6.45, 7) is 0.211. The number of ether oxygens (including phenoxy) is 1. The molecule has 3 aromatic rings. The number of nitrogens with zero attached hydrogens (tertiary/aromatic N) is 4. The Bertz CT molecular complexity index is 1290. The first-order chi connectivity index (χ1) is 16.8. The molecule has 0 bridgehead atoms. The highest BCUT2D eigenvalue weighted by molar-refractivity contribution is 6.43. The van der Waals surface area contributed by atoms with Gasteiger partial charge in [0.15, 0.2) is 5.15 Å². The third kappa shape index (κ3) is 5.42. The Balaban J connectivity index is 1.64. The molecule has 1 fully saturated rings. The highest BCUT2D eigenvalue weighted by atomic mass is 35.5. The Kier molecular flexibility index (Phi) is 7.59. The van der Waals surface area contributed by atoms with Crippen LogP contribution in [0.25, 0.3) is 22.5 Å². The zero-order valence-electron chi connectivity index (χ0n) is 18.5. The standard InChI is InChI=1S/C23H20Cl3N5O4/c1-35-22-12(9-31(23(33)34)10-13-6-8-17(32)29-13)5-7-16(30-22)14-3-2-4-15(18(14)24)20-19(25)21(26)28-11-27-20/h2-5,7,11,13H,6,8-10H2,1H3,(H,29,32)(H,33,34)/t13-/m0/s1. The number of methoxy groups -OCH3 is 1. The van der Waals surface area contributed by atoms with E-state index in [0.717, 1.165) is 0 Å². The number of hydrogen-bond donors (Lipinski definition) is 2. The summed E-state index contributed by atoms with van der Waals surface area (Å²) in [7, 11) is 1.46. The van der Waals surface area contributed by atoms with Gasteiger partial charge in [-0.1, -0.05) is 53.0 Å². The van der Waals surface area contributed by atoms with E-state index in [2.05, 4.69) is 20.3 Å². The Labute approximate surface area is 216 Å². The van der Waals surface area contributed by atoms with Gasteiger partial charge in [0, 0.05) is 35.7 Å². The van der Waals surface area contributed by atoms with Crippen LogP contribution in [0, 0.1) is 0 Å². The fourth-order valence-electron chi connectivity index (χ4n) is 3.86. The second kappa shape index (κ2) is 10.6. The van der Waals surface area contributed by atoms with Crippen LogP contribution in [0.1, 0.15) is 18.4 Å². The molecule has 9 nitrogen and oxygen atoms in total. The summed E-state index contributed by atoms with van der Waals surface area (Å²) in [6.07, 6.45) is 1.18. The summed E-state index contributed by atoms with van der Waals surface area (Å²) < 4.78 is 5.46. The molecule has 0 saturated carbocycles. The third-order valence-corrected chi connectivity index (χ3v) is 6.72. The fourth-order valence-corrected chi connectivity index (χ4v) is 4.51. The van der Waals surface area contributed by atoms with Crippen LogP contribution in [-0.2, 0) is 11.3 Å². The maximum absolute atomic E-state index is 11.8. The molecule has 1 aliphatic heterocycles. The summed E-state index contributed by atoms with van der Waals surface area (Å²) in [5.41, 5.74) is 2.63. The maximum Gasteiger partial charge on any atom is 0.407 e. The van der Waals surface area contributed by atoms with Crippen molar-refractivity contribution in [3.05, 3.63) is 57.4 Å². The highest BCUT2D eigenvalue weighted by Crippen LogP contribution is 2.39. The summed E-state index contributed by atoms with van der Waals surface area (Å²) in [4.78, 5) is 37.2. The molecule has 1 aliphatic rings. The predicted molar refractivity (Wildman–Crippen MR) is 132 cm³/mol. The Hall–Kier alpha value is -3.14. The van der Waals surface area contributed by atoms with Gasteiger partial charge in [-0.2, -0.15) is 0 Å². The minimum atomic E-state index is -1.10.